The van der Waals surface area contributed by atoms with Crippen LogP contribution in [0.25, 0.3) is 0 Å². The number of urea groups is 1. The molecule has 3 N–H and O–H groups in total. The lowest BCUT2D eigenvalue weighted by atomic mass is 9.88. The standard InChI is InChI=1S/C17H22ClN3O4/c1-3-17(4-2,10-14(22)23)20-15(24)12-9-11(5-6-13(12)18)21-8-7-19-16(21)25/h5-6,9H,3-4,7-8,10H2,1-2H3,(H,19,25)(H,20,24)(H,22,23). The molecule has 2 rings (SSSR count). The molecule has 1 fully saturated rings. The minimum atomic E-state index is -0.974. The Kier molecular flexibility index (Phi) is 5.89. The number of carbonyl (C=O) groups excluding carboxylic acids is 2. The van der Waals surface area contributed by atoms with Crippen molar-refractivity contribution in [1.82, 2.24) is 10.6 Å². The first kappa shape index (κ1) is 19.1. The smallest absolute Gasteiger partial charge is 0.321 e. The van der Waals surface area contributed by atoms with Crippen LogP contribution in [-0.4, -0.2) is 41.6 Å². The molecule has 1 heterocycles. The first-order chi connectivity index (χ1) is 11.8. The Bertz CT molecular complexity index is 688. The quantitative estimate of drug-likeness (QED) is 0.689. The Morgan fingerprint density at radius 1 is 1.36 bits per heavy atom. The van der Waals surface area contributed by atoms with Crippen LogP contribution in [0.3, 0.4) is 0 Å². The number of carbonyl (C=O) groups is 3. The van der Waals surface area contributed by atoms with E-state index >= 15 is 0 Å². The zero-order valence-corrected chi connectivity index (χ0v) is 15.0. The molecule has 1 aliphatic heterocycles. The number of halogens is 1. The normalized spacial score (nSPS) is 14.4. The summed E-state index contributed by atoms with van der Waals surface area (Å²) in [5, 5.41) is 14.9. The summed E-state index contributed by atoms with van der Waals surface area (Å²) in [4.78, 5) is 37.2. The van der Waals surface area contributed by atoms with Crippen LogP contribution in [0.15, 0.2) is 18.2 Å². The van der Waals surface area contributed by atoms with E-state index in [0.717, 1.165) is 0 Å². The number of carboxylic acids is 1. The average molecular weight is 368 g/mol. The second kappa shape index (κ2) is 7.74. The molecule has 0 bridgehead atoms. The molecule has 0 saturated carbocycles. The van der Waals surface area contributed by atoms with E-state index in [4.69, 9.17) is 16.7 Å². The molecule has 25 heavy (non-hydrogen) atoms. The van der Waals surface area contributed by atoms with Gasteiger partial charge in [0.2, 0.25) is 0 Å². The van der Waals surface area contributed by atoms with Crippen molar-refractivity contribution in [2.75, 3.05) is 18.0 Å². The topological polar surface area (TPSA) is 98.7 Å². The van der Waals surface area contributed by atoms with Crippen LogP contribution in [0.1, 0.15) is 43.5 Å². The fraction of sp³-hybridized carbons (Fsp3) is 0.471. The number of benzene rings is 1. The third-order valence-corrected chi connectivity index (χ3v) is 4.91. The second-order valence-electron chi connectivity index (χ2n) is 6.06. The van der Waals surface area contributed by atoms with E-state index in [1.807, 2.05) is 13.8 Å². The zero-order valence-electron chi connectivity index (χ0n) is 14.3. The lowest BCUT2D eigenvalue weighted by Crippen LogP contribution is -2.49. The van der Waals surface area contributed by atoms with E-state index in [1.165, 1.54) is 4.90 Å². The van der Waals surface area contributed by atoms with Crippen molar-refractivity contribution in [3.63, 3.8) is 0 Å². The molecular weight excluding hydrogens is 346 g/mol. The first-order valence-electron chi connectivity index (χ1n) is 8.21. The second-order valence-corrected chi connectivity index (χ2v) is 6.47. The number of amides is 3. The van der Waals surface area contributed by atoms with Crippen molar-refractivity contribution in [2.24, 2.45) is 0 Å². The van der Waals surface area contributed by atoms with Gasteiger partial charge in [-0.3, -0.25) is 14.5 Å². The Balaban J connectivity index is 2.28. The molecule has 136 valence electrons. The van der Waals surface area contributed by atoms with E-state index < -0.39 is 17.4 Å². The summed E-state index contributed by atoms with van der Waals surface area (Å²) >= 11 is 6.16. The molecule has 1 saturated heterocycles. The number of nitrogens with zero attached hydrogens (tertiary/aromatic N) is 1. The van der Waals surface area contributed by atoms with Gasteiger partial charge in [0.15, 0.2) is 0 Å². The maximum atomic E-state index is 12.7. The molecule has 8 heteroatoms. The molecule has 7 nitrogen and oxygen atoms in total. The number of hydrogen-bond donors (Lipinski definition) is 3. The van der Waals surface area contributed by atoms with Crippen molar-refractivity contribution in [2.45, 2.75) is 38.6 Å². The van der Waals surface area contributed by atoms with E-state index in [2.05, 4.69) is 10.6 Å². The van der Waals surface area contributed by atoms with Gasteiger partial charge in [0.1, 0.15) is 0 Å². The van der Waals surface area contributed by atoms with Gasteiger partial charge in [-0.05, 0) is 31.0 Å². The predicted octanol–water partition coefficient (Wildman–Crippen LogP) is 2.63. The molecule has 1 aromatic carbocycles. The van der Waals surface area contributed by atoms with E-state index in [0.29, 0.717) is 31.6 Å². The van der Waals surface area contributed by atoms with Crippen molar-refractivity contribution < 1.29 is 19.5 Å². The number of nitrogens with one attached hydrogen (secondary N) is 2. The van der Waals surface area contributed by atoms with Crippen LogP contribution in [0.4, 0.5) is 10.5 Å². The van der Waals surface area contributed by atoms with Gasteiger partial charge < -0.3 is 15.7 Å². The molecule has 0 aromatic heterocycles. The van der Waals surface area contributed by atoms with Crippen LogP contribution in [0, 0.1) is 0 Å². The minimum Gasteiger partial charge on any atom is -0.481 e. The van der Waals surface area contributed by atoms with Gasteiger partial charge in [0, 0.05) is 18.8 Å². The summed E-state index contributed by atoms with van der Waals surface area (Å²) in [5.74, 6) is -1.42. The lowest BCUT2D eigenvalue weighted by Gasteiger charge is -2.31. The molecule has 1 aromatic rings. The maximum Gasteiger partial charge on any atom is 0.321 e. The van der Waals surface area contributed by atoms with Crippen molar-refractivity contribution >= 4 is 35.2 Å². The Morgan fingerprint density at radius 3 is 2.56 bits per heavy atom. The third kappa shape index (κ3) is 4.22. The van der Waals surface area contributed by atoms with Crippen LogP contribution < -0.4 is 15.5 Å². The molecule has 0 radical (unpaired) electrons. The van der Waals surface area contributed by atoms with Crippen molar-refractivity contribution in [3.05, 3.63) is 28.8 Å². The Morgan fingerprint density at radius 2 is 2.04 bits per heavy atom. The third-order valence-electron chi connectivity index (χ3n) is 4.58. The highest BCUT2D eigenvalue weighted by atomic mass is 35.5. The summed E-state index contributed by atoms with van der Waals surface area (Å²) in [6.45, 7) is 4.71. The number of carboxylic acid groups (broad SMARTS) is 1. The Labute approximate surface area is 151 Å². The van der Waals surface area contributed by atoms with E-state index in [-0.39, 0.29) is 23.0 Å². The van der Waals surface area contributed by atoms with Crippen molar-refractivity contribution in [1.29, 1.82) is 0 Å². The monoisotopic (exact) mass is 367 g/mol. The summed E-state index contributed by atoms with van der Waals surface area (Å²) in [6.07, 6.45) is 0.790. The zero-order chi connectivity index (χ0) is 18.6. The van der Waals surface area contributed by atoms with Gasteiger partial charge in [-0.1, -0.05) is 25.4 Å². The molecular formula is C17H22ClN3O4. The lowest BCUT2D eigenvalue weighted by molar-refractivity contribution is -0.138. The van der Waals surface area contributed by atoms with Crippen molar-refractivity contribution in [3.8, 4) is 0 Å². The summed E-state index contributed by atoms with van der Waals surface area (Å²) < 4.78 is 0. The maximum absolute atomic E-state index is 12.7. The van der Waals surface area contributed by atoms with Crippen LogP contribution in [0.5, 0.6) is 0 Å². The van der Waals surface area contributed by atoms with Crippen LogP contribution in [0.2, 0.25) is 5.02 Å². The van der Waals surface area contributed by atoms with Crippen LogP contribution >= 0.6 is 11.6 Å². The molecule has 0 atom stereocenters. The van der Waals surface area contributed by atoms with E-state index in [1.54, 1.807) is 18.2 Å². The number of rotatable bonds is 7. The first-order valence-corrected chi connectivity index (χ1v) is 8.59. The summed E-state index contributed by atoms with van der Waals surface area (Å²) in [7, 11) is 0. The molecule has 0 spiro atoms. The van der Waals surface area contributed by atoms with Crippen LogP contribution in [-0.2, 0) is 4.79 Å². The molecule has 0 aliphatic carbocycles. The number of aliphatic carboxylic acids is 1. The summed E-state index contributed by atoms with van der Waals surface area (Å²) in [5.41, 5.74) is -0.0512. The minimum absolute atomic E-state index is 0.169. The number of anilines is 1. The molecule has 3 amide bonds. The SMILES string of the molecule is CCC(CC)(CC(=O)O)NC(=O)c1cc(N2CCNC2=O)ccc1Cl. The largest absolute Gasteiger partial charge is 0.481 e. The predicted molar refractivity (Wildman–Crippen MR) is 95.2 cm³/mol. The summed E-state index contributed by atoms with van der Waals surface area (Å²) in [6, 6.07) is 4.57. The highest BCUT2D eigenvalue weighted by Gasteiger charge is 2.32. The van der Waals surface area contributed by atoms with Gasteiger partial charge in [-0.2, -0.15) is 0 Å². The van der Waals surface area contributed by atoms with Gasteiger partial charge in [0.25, 0.3) is 5.91 Å². The molecule has 0 unspecified atom stereocenters. The van der Waals surface area contributed by atoms with Gasteiger partial charge in [-0.15, -0.1) is 0 Å². The fourth-order valence-corrected chi connectivity index (χ4v) is 3.10. The van der Waals surface area contributed by atoms with Gasteiger partial charge in [0.05, 0.1) is 22.5 Å². The fourth-order valence-electron chi connectivity index (χ4n) is 2.89. The Hall–Kier alpha value is -2.28. The molecule has 1 aliphatic rings. The van der Waals surface area contributed by atoms with Gasteiger partial charge in [-0.25, -0.2) is 4.79 Å². The highest BCUT2D eigenvalue weighted by molar-refractivity contribution is 6.34. The number of hydrogen-bond acceptors (Lipinski definition) is 3. The van der Waals surface area contributed by atoms with E-state index in [9.17, 15) is 14.4 Å². The van der Waals surface area contributed by atoms with Gasteiger partial charge >= 0.3 is 12.0 Å². The highest BCUT2D eigenvalue weighted by Crippen LogP contribution is 2.26. The average Bonchev–Trinajstić information content (AvgIpc) is 3.00.